The van der Waals surface area contributed by atoms with Crippen molar-refractivity contribution in [3.05, 3.63) is 52.6 Å². The lowest BCUT2D eigenvalue weighted by Gasteiger charge is -2.07. The van der Waals surface area contributed by atoms with Crippen molar-refractivity contribution in [1.82, 2.24) is 9.55 Å². The molecule has 6 heteroatoms. The Kier molecular flexibility index (Phi) is 4.70. The molecule has 0 aliphatic heterocycles. The Balaban J connectivity index is 1.74. The topological polar surface area (TPSA) is 73.0 Å². The Morgan fingerprint density at radius 3 is 2.90 bits per heavy atom. The Labute approximate surface area is 117 Å². The number of nitrogens with one attached hydrogen (secondary N) is 1. The zero-order valence-electron chi connectivity index (χ0n) is 11.5. The maximum absolute atomic E-state index is 10.7. The molecule has 1 aromatic carbocycles. The molecule has 2 rings (SSSR count). The van der Waals surface area contributed by atoms with Gasteiger partial charge in [0.2, 0.25) is 0 Å². The second-order valence-electron chi connectivity index (χ2n) is 4.69. The summed E-state index contributed by atoms with van der Waals surface area (Å²) in [4.78, 5) is 14.4. The van der Waals surface area contributed by atoms with Crippen molar-refractivity contribution < 1.29 is 4.92 Å². The molecule has 0 saturated carbocycles. The molecule has 6 nitrogen and oxygen atoms in total. The third kappa shape index (κ3) is 3.81. The number of aromatic nitrogens is 2. The number of imidazole rings is 1. The van der Waals surface area contributed by atoms with Crippen LogP contribution in [0.15, 0.2) is 36.9 Å². The zero-order valence-corrected chi connectivity index (χ0v) is 11.5. The first kappa shape index (κ1) is 14.0. The van der Waals surface area contributed by atoms with Crippen LogP contribution in [-0.2, 0) is 6.54 Å². The summed E-state index contributed by atoms with van der Waals surface area (Å²) in [5.41, 5.74) is 1.77. The van der Waals surface area contributed by atoms with Gasteiger partial charge >= 0.3 is 0 Å². The standard InChI is InChI=1S/C14H18N4O2/c1-12-10-13(4-5-14(12)18(19)20)16-6-2-3-8-17-9-7-15-11-17/h4-5,7,9-11,16H,2-3,6,8H2,1H3. The predicted octanol–water partition coefficient (Wildman–Crippen LogP) is 2.99. The average Bonchev–Trinajstić information content (AvgIpc) is 2.91. The van der Waals surface area contributed by atoms with Crippen LogP contribution in [0.1, 0.15) is 18.4 Å². The molecule has 0 amide bonds. The normalized spacial score (nSPS) is 10.4. The van der Waals surface area contributed by atoms with Crippen molar-refractivity contribution in [2.75, 3.05) is 11.9 Å². The number of hydrogen-bond acceptors (Lipinski definition) is 4. The number of nitrogens with zero attached hydrogens (tertiary/aromatic N) is 3. The highest BCUT2D eigenvalue weighted by atomic mass is 16.6. The van der Waals surface area contributed by atoms with Crippen LogP contribution in [0.2, 0.25) is 0 Å². The summed E-state index contributed by atoms with van der Waals surface area (Å²) < 4.78 is 2.05. The smallest absolute Gasteiger partial charge is 0.272 e. The highest BCUT2D eigenvalue weighted by Gasteiger charge is 2.09. The molecule has 0 unspecified atom stereocenters. The summed E-state index contributed by atoms with van der Waals surface area (Å²) in [5.74, 6) is 0. The number of nitro groups is 1. The summed E-state index contributed by atoms with van der Waals surface area (Å²) in [6, 6.07) is 5.11. The van der Waals surface area contributed by atoms with Crippen LogP contribution in [-0.4, -0.2) is 21.0 Å². The van der Waals surface area contributed by atoms with E-state index in [0.717, 1.165) is 31.6 Å². The van der Waals surface area contributed by atoms with Crippen molar-refractivity contribution in [3.63, 3.8) is 0 Å². The van der Waals surface area contributed by atoms with Crippen molar-refractivity contribution >= 4 is 11.4 Å². The average molecular weight is 274 g/mol. The molecule has 2 aromatic rings. The van der Waals surface area contributed by atoms with Crippen LogP contribution in [0.5, 0.6) is 0 Å². The first-order valence-electron chi connectivity index (χ1n) is 6.61. The highest BCUT2D eigenvalue weighted by Crippen LogP contribution is 2.21. The van der Waals surface area contributed by atoms with Crippen LogP contribution in [0.4, 0.5) is 11.4 Å². The minimum Gasteiger partial charge on any atom is -0.385 e. The first-order chi connectivity index (χ1) is 9.66. The van der Waals surface area contributed by atoms with Gasteiger partial charge in [-0.1, -0.05) is 0 Å². The summed E-state index contributed by atoms with van der Waals surface area (Å²) >= 11 is 0. The number of benzene rings is 1. The van der Waals surface area contributed by atoms with Gasteiger partial charge in [0.15, 0.2) is 0 Å². The molecule has 106 valence electrons. The number of aryl methyl sites for hydroxylation is 2. The van der Waals surface area contributed by atoms with Crippen molar-refractivity contribution in [2.24, 2.45) is 0 Å². The number of anilines is 1. The number of nitro benzene ring substituents is 1. The van der Waals surface area contributed by atoms with Crippen LogP contribution in [0.25, 0.3) is 0 Å². The van der Waals surface area contributed by atoms with Crippen LogP contribution in [0.3, 0.4) is 0 Å². The Hall–Kier alpha value is -2.37. The van der Waals surface area contributed by atoms with Gasteiger partial charge in [-0.2, -0.15) is 0 Å². The fraction of sp³-hybridized carbons (Fsp3) is 0.357. The van der Waals surface area contributed by atoms with E-state index in [9.17, 15) is 10.1 Å². The van der Waals surface area contributed by atoms with Gasteiger partial charge in [0.25, 0.3) is 5.69 Å². The maximum Gasteiger partial charge on any atom is 0.272 e. The van der Waals surface area contributed by atoms with E-state index in [0.29, 0.717) is 5.56 Å². The molecule has 1 aromatic heterocycles. The second-order valence-corrected chi connectivity index (χ2v) is 4.69. The molecule has 0 radical (unpaired) electrons. The Bertz CT molecular complexity index is 567. The molecule has 0 fully saturated rings. The van der Waals surface area contributed by atoms with E-state index in [-0.39, 0.29) is 10.6 Å². The van der Waals surface area contributed by atoms with E-state index in [1.807, 2.05) is 18.6 Å². The summed E-state index contributed by atoms with van der Waals surface area (Å²) in [5, 5.41) is 14.0. The molecule has 0 aliphatic rings. The second kappa shape index (κ2) is 6.70. The molecule has 20 heavy (non-hydrogen) atoms. The molecular weight excluding hydrogens is 256 g/mol. The first-order valence-corrected chi connectivity index (χ1v) is 6.61. The lowest BCUT2D eigenvalue weighted by atomic mass is 10.2. The van der Waals surface area contributed by atoms with Gasteiger partial charge in [0, 0.05) is 42.8 Å². The van der Waals surface area contributed by atoms with Crippen LogP contribution >= 0.6 is 0 Å². The monoisotopic (exact) mass is 274 g/mol. The third-order valence-corrected chi connectivity index (χ3v) is 3.12. The number of hydrogen-bond donors (Lipinski definition) is 1. The van der Waals surface area contributed by atoms with Gasteiger partial charge in [0.1, 0.15) is 0 Å². The Morgan fingerprint density at radius 1 is 1.40 bits per heavy atom. The molecule has 0 spiro atoms. The Morgan fingerprint density at radius 2 is 2.25 bits per heavy atom. The molecule has 0 saturated heterocycles. The van der Waals surface area contributed by atoms with E-state index < -0.39 is 0 Å². The summed E-state index contributed by atoms with van der Waals surface area (Å²) in [6.07, 6.45) is 7.64. The van der Waals surface area contributed by atoms with Gasteiger partial charge in [-0.3, -0.25) is 10.1 Å². The van der Waals surface area contributed by atoms with E-state index in [1.165, 1.54) is 0 Å². The van der Waals surface area contributed by atoms with Gasteiger partial charge in [-0.15, -0.1) is 0 Å². The van der Waals surface area contributed by atoms with Crippen LogP contribution in [0, 0.1) is 17.0 Å². The minimum atomic E-state index is -0.357. The fourth-order valence-electron chi connectivity index (χ4n) is 2.04. The van der Waals surface area contributed by atoms with E-state index in [2.05, 4.69) is 14.9 Å². The number of rotatable bonds is 7. The summed E-state index contributed by atoms with van der Waals surface area (Å²) in [6.45, 7) is 3.56. The largest absolute Gasteiger partial charge is 0.385 e. The molecule has 0 atom stereocenters. The van der Waals surface area contributed by atoms with Crippen molar-refractivity contribution in [1.29, 1.82) is 0 Å². The third-order valence-electron chi connectivity index (χ3n) is 3.12. The minimum absolute atomic E-state index is 0.163. The lowest BCUT2D eigenvalue weighted by Crippen LogP contribution is -2.04. The van der Waals surface area contributed by atoms with E-state index >= 15 is 0 Å². The molecule has 0 aliphatic carbocycles. The number of unbranched alkanes of at least 4 members (excludes halogenated alkanes) is 1. The predicted molar refractivity (Wildman–Crippen MR) is 77.8 cm³/mol. The highest BCUT2D eigenvalue weighted by molar-refractivity contribution is 5.53. The van der Waals surface area contributed by atoms with Crippen molar-refractivity contribution in [3.8, 4) is 0 Å². The molecular formula is C14H18N4O2. The van der Waals surface area contributed by atoms with Gasteiger partial charge in [-0.25, -0.2) is 4.98 Å². The fourth-order valence-corrected chi connectivity index (χ4v) is 2.04. The quantitative estimate of drug-likeness (QED) is 0.478. The van der Waals surface area contributed by atoms with Crippen LogP contribution < -0.4 is 5.32 Å². The van der Waals surface area contributed by atoms with E-state index in [4.69, 9.17) is 0 Å². The van der Waals surface area contributed by atoms with Gasteiger partial charge in [0.05, 0.1) is 11.3 Å². The lowest BCUT2D eigenvalue weighted by molar-refractivity contribution is -0.385. The molecule has 1 N–H and O–H groups in total. The van der Waals surface area contributed by atoms with E-state index in [1.54, 1.807) is 25.3 Å². The zero-order chi connectivity index (χ0) is 14.4. The maximum atomic E-state index is 10.7. The summed E-state index contributed by atoms with van der Waals surface area (Å²) in [7, 11) is 0. The SMILES string of the molecule is Cc1cc(NCCCCn2ccnc2)ccc1[N+](=O)[O-]. The molecule has 0 bridgehead atoms. The van der Waals surface area contributed by atoms with Gasteiger partial charge in [-0.05, 0) is 31.9 Å². The van der Waals surface area contributed by atoms with Gasteiger partial charge < -0.3 is 9.88 Å². The molecule has 1 heterocycles. The van der Waals surface area contributed by atoms with Crippen molar-refractivity contribution in [2.45, 2.75) is 26.3 Å².